The van der Waals surface area contributed by atoms with Crippen LogP contribution in [0, 0.1) is 0 Å². The first-order chi connectivity index (χ1) is 17.4. The second-order valence-corrected chi connectivity index (χ2v) is 10.3. The maximum Gasteiger partial charge on any atom is 0.282 e. The lowest BCUT2D eigenvalue weighted by Crippen LogP contribution is -2.25. The molecule has 2 aromatic carbocycles. The quantitative estimate of drug-likeness (QED) is 0.212. The summed E-state index contributed by atoms with van der Waals surface area (Å²) in [6, 6.07) is 9.55. The molecule has 0 radical (unpaired) electrons. The van der Waals surface area contributed by atoms with E-state index >= 15 is 0 Å². The summed E-state index contributed by atoms with van der Waals surface area (Å²) >= 11 is 3.48. The summed E-state index contributed by atoms with van der Waals surface area (Å²) in [6.45, 7) is 10.3. The summed E-state index contributed by atoms with van der Waals surface area (Å²) in [4.78, 5) is 18.5. The van der Waals surface area contributed by atoms with Crippen molar-refractivity contribution >= 4 is 33.0 Å². The van der Waals surface area contributed by atoms with Crippen LogP contribution in [0.2, 0.25) is 0 Å². The van der Waals surface area contributed by atoms with Crippen molar-refractivity contribution in [3.05, 3.63) is 74.8 Å². The van der Waals surface area contributed by atoms with Gasteiger partial charge in [0.05, 0.1) is 29.8 Å². The van der Waals surface area contributed by atoms with Gasteiger partial charge in [0, 0.05) is 16.0 Å². The third-order valence-electron chi connectivity index (χ3n) is 6.30. The lowest BCUT2D eigenvalue weighted by Gasteiger charge is -2.23. The smallest absolute Gasteiger partial charge is 0.282 e. The molecule has 0 N–H and O–H groups in total. The zero-order chi connectivity index (χ0) is 25.7. The van der Waals surface area contributed by atoms with Crippen LogP contribution in [0.4, 0.5) is 0 Å². The predicted molar refractivity (Wildman–Crippen MR) is 150 cm³/mol. The van der Waals surface area contributed by atoms with E-state index in [0.29, 0.717) is 29.7 Å². The normalized spacial score (nSPS) is 14.6. The molecular weight excluding hydrogens is 518 g/mol. The largest absolute Gasteiger partial charge is 0.490 e. The van der Waals surface area contributed by atoms with Crippen molar-refractivity contribution in [1.82, 2.24) is 9.66 Å². The summed E-state index contributed by atoms with van der Waals surface area (Å²) in [7, 11) is 0. The highest BCUT2D eigenvalue weighted by molar-refractivity contribution is 9.10. The second kappa shape index (κ2) is 11.9. The molecule has 0 spiro atoms. The molecule has 0 bridgehead atoms. The number of ether oxygens (including phenoxy) is 2. The van der Waals surface area contributed by atoms with Gasteiger partial charge < -0.3 is 9.47 Å². The summed E-state index contributed by atoms with van der Waals surface area (Å²) < 4.78 is 14.3. The van der Waals surface area contributed by atoms with Crippen LogP contribution in [0.3, 0.4) is 0 Å². The fourth-order valence-corrected chi connectivity index (χ4v) is 5.09. The Morgan fingerprint density at radius 1 is 1.22 bits per heavy atom. The van der Waals surface area contributed by atoms with Crippen molar-refractivity contribution in [2.24, 2.45) is 5.10 Å². The van der Waals surface area contributed by atoms with Crippen LogP contribution in [0.1, 0.15) is 75.7 Å². The molecular formula is C29H34BrN3O3. The maximum absolute atomic E-state index is 13.6. The standard InChI is InChI=1S/C29H34BrN3O3/c1-5-10-22-15-20(16-26(35-6-2)27(22)36-19(3)4)18-31-33-28(21-11-8-7-9-12-21)32-25-14-13-23(30)17-24(25)29(33)34/h5,13-19,21H,1,6-12H2,2-4H3. The highest BCUT2D eigenvalue weighted by Crippen LogP contribution is 2.35. The first-order valence-electron chi connectivity index (χ1n) is 12.7. The van der Waals surface area contributed by atoms with E-state index in [2.05, 4.69) is 22.5 Å². The van der Waals surface area contributed by atoms with E-state index in [1.54, 1.807) is 6.21 Å². The van der Waals surface area contributed by atoms with Gasteiger partial charge in [0.2, 0.25) is 0 Å². The van der Waals surface area contributed by atoms with Gasteiger partial charge in [0.15, 0.2) is 11.5 Å². The lowest BCUT2D eigenvalue weighted by molar-refractivity contribution is 0.222. The topological polar surface area (TPSA) is 65.7 Å². The fourth-order valence-electron chi connectivity index (χ4n) is 4.72. The van der Waals surface area contributed by atoms with Crippen LogP contribution >= 0.6 is 15.9 Å². The van der Waals surface area contributed by atoms with E-state index in [4.69, 9.17) is 19.6 Å². The molecule has 3 aromatic rings. The van der Waals surface area contributed by atoms with Crippen molar-refractivity contribution < 1.29 is 9.47 Å². The van der Waals surface area contributed by atoms with E-state index in [9.17, 15) is 4.79 Å². The monoisotopic (exact) mass is 551 g/mol. The molecule has 0 unspecified atom stereocenters. The summed E-state index contributed by atoms with van der Waals surface area (Å²) in [5, 5.41) is 5.25. The van der Waals surface area contributed by atoms with E-state index in [0.717, 1.165) is 52.9 Å². The van der Waals surface area contributed by atoms with Crippen molar-refractivity contribution in [3.8, 4) is 11.5 Å². The predicted octanol–water partition coefficient (Wildman–Crippen LogP) is 7.00. The first-order valence-corrected chi connectivity index (χ1v) is 13.5. The Kier molecular flexibility index (Phi) is 8.62. The minimum absolute atomic E-state index is 0.00640. The number of fused-ring (bicyclic) bond motifs is 1. The highest BCUT2D eigenvalue weighted by atomic mass is 79.9. The van der Waals surface area contributed by atoms with Crippen molar-refractivity contribution in [2.45, 2.75) is 71.3 Å². The molecule has 4 rings (SSSR count). The zero-order valence-electron chi connectivity index (χ0n) is 21.3. The number of aromatic nitrogens is 2. The lowest BCUT2D eigenvalue weighted by atomic mass is 9.88. The van der Waals surface area contributed by atoms with Crippen LogP contribution in [0.5, 0.6) is 11.5 Å². The summed E-state index contributed by atoms with van der Waals surface area (Å²) in [6.07, 6.45) is 9.73. The van der Waals surface area contributed by atoms with Gasteiger partial charge in [-0.05, 0) is 75.9 Å². The molecule has 1 aliphatic carbocycles. The van der Waals surface area contributed by atoms with E-state index in [1.165, 1.54) is 11.1 Å². The number of hydrogen-bond donors (Lipinski definition) is 0. The van der Waals surface area contributed by atoms with Gasteiger partial charge in [0.1, 0.15) is 5.82 Å². The minimum Gasteiger partial charge on any atom is -0.490 e. The molecule has 1 saturated carbocycles. The van der Waals surface area contributed by atoms with Crippen LogP contribution in [0.15, 0.2) is 57.4 Å². The average molecular weight is 553 g/mol. The first kappa shape index (κ1) is 26.1. The molecule has 0 atom stereocenters. The van der Waals surface area contributed by atoms with E-state index in [1.807, 2.05) is 57.2 Å². The second-order valence-electron chi connectivity index (χ2n) is 9.43. The molecule has 1 heterocycles. The average Bonchev–Trinajstić information content (AvgIpc) is 2.86. The Labute approximate surface area is 221 Å². The Bertz CT molecular complexity index is 1320. The van der Waals surface area contributed by atoms with Crippen LogP contribution in [-0.4, -0.2) is 28.6 Å². The summed E-state index contributed by atoms with van der Waals surface area (Å²) in [5.41, 5.74) is 2.33. The number of halogens is 1. The van der Waals surface area contributed by atoms with Crippen molar-refractivity contribution in [1.29, 1.82) is 0 Å². The number of rotatable bonds is 9. The number of nitrogens with zero attached hydrogens (tertiary/aromatic N) is 3. The molecule has 1 aromatic heterocycles. The molecule has 190 valence electrons. The van der Waals surface area contributed by atoms with Gasteiger partial charge in [-0.1, -0.05) is 41.3 Å². The Morgan fingerprint density at radius 3 is 2.69 bits per heavy atom. The molecule has 7 heteroatoms. The van der Waals surface area contributed by atoms with Crippen LogP contribution in [-0.2, 0) is 6.42 Å². The maximum atomic E-state index is 13.6. The third-order valence-corrected chi connectivity index (χ3v) is 6.79. The van der Waals surface area contributed by atoms with Gasteiger partial charge in [-0.3, -0.25) is 4.79 Å². The molecule has 0 saturated heterocycles. The summed E-state index contributed by atoms with van der Waals surface area (Å²) in [5.74, 6) is 2.34. The molecule has 36 heavy (non-hydrogen) atoms. The highest BCUT2D eigenvalue weighted by Gasteiger charge is 2.22. The number of benzene rings is 2. The van der Waals surface area contributed by atoms with Gasteiger partial charge in [0.25, 0.3) is 5.56 Å². The molecule has 1 aliphatic rings. The molecule has 1 fully saturated rings. The van der Waals surface area contributed by atoms with E-state index < -0.39 is 0 Å². The third kappa shape index (κ3) is 5.89. The van der Waals surface area contributed by atoms with Crippen LogP contribution in [0.25, 0.3) is 10.9 Å². The Morgan fingerprint density at radius 2 is 2.00 bits per heavy atom. The zero-order valence-corrected chi connectivity index (χ0v) is 22.9. The number of hydrogen-bond acceptors (Lipinski definition) is 5. The van der Waals surface area contributed by atoms with Gasteiger partial charge in [-0.2, -0.15) is 9.78 Å². The van der Waals surface area contributed by atoms with E-state index in [-0.39, 0.29) is 17.6 Å². The molecule has 6 nitrogen and oxygen atoms in total. The minimum atomic E-state index is -0.158. The molecule has 0 amide bonds. The molecule has 0 aliphatic heterocycles. The van der Waals surface area contributed by atoms with Crippen molar-refractivity contribution in [3.63, 3.8) is 0 Å². The number of allylic oxidation sites excluding steroid dienone is 1. The van der Waals surface area contributed by atoms with Crippen LogP contribution < -0.4 is 15.0 Å². The SMILES string of the molecule is C=CCc1cc(C=Nn2c(C3CCCCC3)nc3ccc(Br)cc3c2=O)cc(OCC)c1OC(C)C. The Balaban J connectivity index is 1.84. The van der Waals surface area contributed by atoms with Gasteiger partial charge in [-0.15, -0.1) is 6.58 Å². The van der Waals surface area contributed by atoms with Crippen molar-refractivity contribution in [2.75, 3.05) is 6.61 Å². The Hall–Kier alpha value is -2.93. The fraction of sp³-hybridized carbons (Fsp3) is 0.414. The van der Waals surface area contributed by atoms with Gasteiger partial charge >= 0.3 is 0 Å². The van der Waals surface area contributed by atoms with Gasteiger partial charge in [-0.25, -0.2) is 4.98 Å².